The van der Waals surface area contributed by atoms with E-state index < -0.39 is 0 Å². The summed E-state index contributed by atoms with van der Waals surface area (Å²) in [6.07, 6.45) is 1.75. The lowest BCUT2D eigenvalue weighted by atomic mass is 10.2. The van der Waals surface area contributed by atoms with Gasteiger partial charge in [-0.05, 0) is 18.2 Å². The first-order chi connectivity index (χ1) is 4.97. The molecule has 1 heterocycles. The molecule has 0 bridgehead atoms. The Morgan fingerprint density at radius 1 is 1.20 bits per heavy atom. The zero-order valence-corrected chi connectivity index (χ0v) is 5.39. The van der Waals surface area contributed by atoms with Crippen LogP contribution in [0.4, 0.5) is 0 Å². The molecular formula is C9H6N+. The van der Waals surface area contributed by atoms with Crippen LogP contribution in [0, 0.1) is 12.1 Å². The topological polar surface area (TPSA) is 14.1 Å². The maximum atomic E-state index is 3.06. The van der Waals surface area contributed by atoms with E-state index >= 15 is 0 Å². The third kappa shape index (κ3) is 0.708. The summed E-state index contributed by atoms with van der Waals surface area (Å²) in [5.41, 5.74) is 1.10. The Balaban J connectivity index is 2.89. The fraction of sp³-hybridized carbons (Fsp3) is 0. The van der Waals surface area contributed by atoms with E-state index in [0.29, 0.717) is 0 Å². The zero-order chi connectivity index (χ0) is 6.81. The molecule has 1 aromatic heterocycles. The molecule has 0 fully saturated rings. The Kier molecular flexibility index (Phi) is 1.05. The second-order valence-corrected chi connectivity index (χ2v) is 2.10. The Morgan fingerprint density at radius 2 is 2.10 bits per heavy atom. The summed E-state index contributed by atoms with van der Waals surface area (Å²) in [4.78, 5) is 3.06. The number of para-hydroxylation sites is 1. The van der Waals surface area contributed by atoms with E-state index in [1.54, 1.807) is 6.20 Å². The molecule has 1 heteroatoms. The van der Waals surface area contributed by atoms with Gasteiger partial charge < -0.3 is 0 Å². The second kappa shape index (κ2) is 2.00. The van der Waals surface area contributed by atoms with Crippen LogP contribution >= 0.6 is 0 Å². The van der Waals surface area contributed by atoms with Crippen molar-refractivity contribution in [3.63, 3.8) is 0 Å². The molecule has 1 N–H and O–H groups in total. The predicted octanol–water partition coefficient (Wildman–Crippen LogP) is 1.25. The van der Waals surface area contributed by atoms with E-state index in [4.69, 9.17) is 0 Å². The van der Waals surface area contributed by atoms with Gasteiger partial charge in [-0.15, -0.1) is 0 Å². The molecule has 0 saturated carbocycles. The van der Waals surface area contributed by atoms with Crippen LogP contribution in [-0.2, 0) is 0 Å². The maximum absolute atomic E-state index is 3.06. The van der Waals surface area contributed by atoms with Crippen LogP contribution in [0.5, 0.6) is 0 Å². The second-order valence-electron chi connectivity index (χ2n) is 2.10. The Labute approximate surface area is 59.3 Å². The monoisotopic (exact) mass is 128 g/mol. The number of nitrogens with one attached hydrogen (secondary N) is 1. The molecule has 0 unspecified atom stereocenters. The van der Waals surface area contributed by atoms with Crippen LogP contribution < -0.4 is 4.98 Å². The van der Waals surface area contributed by atoms with Gasteiger partial charge in [-0.1, -0.05) is 12.1 Å². The number of aromatic amines is 1. The van der Waals surface area contributed by atoms with Crippen LogP contribution in [0.1, 0.15) is 0 Å². The Bertz CT molecular complexity index is 276. The number of hydrogen-bond acceptors (Lipinski definition) is 0. The summed E-state index contributed by atoms with van der Waals surface area (Å²) in [7, 11) is 0. The summed E-state index contributed by atoms with van der Waals surface area (Å²) in [6.45, 7) is 0. The van der Waals surface area contributed by atoms with Crippen LogP contribution in [0.2, 0.25) is 0 Å². The van der Waals surface area contributed by atoms with Crippen molar-refractivity contribution in [2.45, 2.75) is 0 Å². The highest BCUT2D eigenvalue weighted by Crippen LogP contribution is 2.01. The summed E-state index contributed by atoms with van der Waals surface area (Å²) in [6, 6.07) is 13.8. The molecule has 0 radical (unpaired) electrons. The average Bonchev–Trinajstić information content (AvgIpc) is 2.05. The maximum Gasteiger partial charge on any atom is 0.219 e. The highest BCUT2D eigenvalue weighted by atomic mass is 14.6. The molecule has 0 saturated heterocycles. The third-order valence-electron chi connectivity index (χ3n) is 1.43. The van der Waals surface area contributed by atoms with Crippen molar-refractivity contribution in [1.29, 1.82) is 0 Å². The summed E-state index contributed by atoms with van der Waals surface area (Å²) < 4.78 is 0. The molecule has 0 atom stereocenters. The van der Waals surface area contributed by atoms with Gasteiger partial charge in [-0.25, -0.2) is 4.98 Å². The first-order valence-corrected chi connectivity index (χ1v) is 3.15. The number of rotatable bonds is 0. The highest BCUT2D eigenvalue weighted by molar-refractivity contribution is 5.72. The lowest BCUT2D eigenvalue weighted by Gasteiger charge is -1.81. The molecule has 0 aliphatic rings. The van der Waals surface area contributed by atoms with Gasteiger partial charge in [0.25, 0.3) is 0 Å². The van der Waals surface area contributed by atoms with Gasteiger partial charge in [0.05, 0.1) is 5.39 Å². The summed E-state index contributed by atoms with van der Waals surface area (Å²) in [5, 5.41) is 1.07. The van der Waals surface area contributed by atoms with E-state index in [9.17, 15) is 0 Å². The highest BCUT2D eigenvalue weighted by Gasteiger charge is 1.92. The van der Waals surface area contributed by atoms with E-state index in [1.807, 2.05) is 24.3 Å². The average molecular weight is 128 g/mol. The third-order valence-corrected chi connectivity index (χ3v) is 1.43. The van der Waals surface area contributed by atoms with Crippen LogP contribution in [0.3, 0.4) is 0 Å². The van der Waals surface area contributed by atoms with Crippen molar-refractivity contribution in [2.24, 2.45) is 0 Å². The number of aromatic nitrogens is 1. The van der Waals surface area contributed by atoms with Crippen LogP contribution in [0.25, 0.3) is 10.9 Å². The van der Waals surface area contributed by atoms with Crippen LogP contribution in [-0.4, -0.2) is 0 Å². The molecule has 0 amide bonds. The summed E-state index contributed by atoms with van der Waals surface area (Å²) in [5.74, 6) is 0. The molecule has 1 nitrogen and oxygen atoms in total. The number of H-pyrrole nitrogens is 1. The fourth-order valence-electron chi connectivity index (χ4n) is 0.946. The van der Waals surface area contributed by atoms with E-state index in [0.717, 1.165) is 10.9 Å². The van der Waals surface area contributed by atoms with Crippen LogP contribution in [0.15, 0.2) is 30.5 Å². The summed E-state index contributed by atoms with van der Waals surface area (Å²) >= 11 is 0. The van der Waals surface area contributed by atoms with Gasteiger partial charge in [0.15, 0.2) is 0 Å². The Hall–Kier alpha value is -1.55. The van der Waals surface area contributed by atoms with Crippen molar-refractivity contribution in [1.82, 2.24) is 0 Å². The SMILES string of the molecule is c1c[nH+]c2ccccc2c#1. The van der Waals surface area contributed by atoms with Gasteiger partial charge in [-0.3, -0.25) is 0 Å². The smallest absolute Gasteiger partial charge is 0.203 e. The molecule has 46 valence electrons. The van der Waals surface area contributed by atoms with Gasteiger partial charge >= 0.3 is 0 Å². The van der Waals surface area contributed by atoms with Crippen molar-refractivity contribution in [3.8, 4) is 0 Å². The number of fused-ring (bicyclic) bond motifs is 1. The minimum Gasteiger partial charge on any atom is -0.203 e. The first kappa shape index (κ1) is 5.25. The van der Waals surface area contributed by atoms with Crippen molar-refractivity contribution < 1.29 is 4.98 Å². The van der Waals surface area contributed by atoms with Crippen molar-refractivity contribution in [3.05, 3.63) is 42.6 Å². The molecule has 1 aromatic carbocycles. The largest absolute Gasteiger partial charge is 0.219 e. The molecule has 2 rings (SSSR count). The minimum absolute atomic E-state index is 1.07. The number of benzene rings is 1. The molecule has 0 aliphatic carbocycles. The quantitative estimate of drug-likeness (QED) is 0.507. The first-order valence-electron chi connectivity index (χ1n) is 3.15. The molecular weight excluding hydrogens is 122 g/mol. The van der Waals surface area contributed by atoms with E-state index in [1.165, 1.54) is 0 Å². The van der Waals surface area contributed by atoms with Gasteiger partial charge in [0.2, 0.25) is 11.7 Å². The molecule has 10 heavy (non-hydrogen) atoms. The zero-order valence-electron chi connectivity index (χ0n) is 5.39. The van der Waals surface area contributed by atoms with Gasteiger partial charge in [0.1, 0.15) is 0 Å². The standard InChI is InChI=1S/C9H5N/c1-2-6-9-8(4-1)5-3-7-10-9/h1-2,4,6-7H/p+1. The molecule has 0 spiro atoms. The minimum atomic E-state index is 1.07. The molecule has 2 aromatic rings. The van der Waals surface area contributed by atoms with Crippen molar-refractivity contribution in [2.75, 3.05) is 0 Å². The van der Waals surface area contributed by atoms with Crippen molar-refractivity contribution >= 4 is 10.9 Å². The lowest BCUT2D eigenvalue weighted by molar-refractivity contribution is -0.344. The lowest BCUT2D eigenvalue weighted by Crippen LogP contribution is -1.98. The van der Waals surface area contributed by atoms with E-state index in [-0.39, 0.29) is 0 Å². The number of hydrogen-bond donors (Lipinski definition) is 0. The predicted molar refractivity (Wildman–Crippen MR) is 38.2 cm³/mol. The molecule has 0 aliphatic heterocycles. The van der Waals surface area contributed by atoms with Gasteiger partial charge in [0, 0.05) is 6.07 Å². The normalized spacial score (nSPS) is 9.20. The van der Waals surface area contributed by atoms with E-state index in [2.05, 4.69) is 17.1 Å². The Morgan fingerprint density at radius 3 is 3.00 bits per heavy atom. The van der Waals surface area contributed by atoms with Gasteiger partial charge in [-0.2, -0.15) is 0 Å². The fourth-order valence-corrected chi connectivity index (χ4v) is 0.946.